The second-order valence-corrected chi connectivity index (χ2v) is 11.9. The smallest absolute Gasteiger partial charge is 0.369 e. The monoisotopic (exact) mass is 557 g/mol. The molecule has 4 atom stereocenters. The quantitative estimate of drug-likeness (QED) is 0.494. The van der Waals surface area contributed by atoms with Crippen molar-refractivity contribution in [3.05, 3.63) is 29.8 Å². The van der Waals surface area contributed by atoms with Crippen molar-refractivity contribution in [2.75, 3.05) is 44.2 Å². The van der Waals surface area contributed by atoms with E-state index >= 15 is 0 Å². The number of unbranched alkanes of at least 4 members (excludes halogenated alkanes) is 1. The molecular weight excluding hydrogens is 526 g/mol. The Kier molecular flexibility index (Phi) is 8.61. The zero-order valence-electron chi connectivity index (χ0n) is 19.3. The molecule has 2 bridgehead atoms. The number of sulfonamides is 1. The van der Waals surface area contributed by atoms with Crippen LogP contribution in [0, 0.1) is 17.8 Å². The molecule has 0 spiro atoms. The molecule has 2 aliphatic carbocycles. The highest BCUT2D eigenvalue weighted by atomic mass is 35.5. The Morgan fingerprint density at radius 2 is 1.60 bits per heavy atom. The Morgan fingerprint density at radius 3 is 2.26 bits per heavy atom. The average Bonchev–Trinajstić information content (AvgIpc) is 3.45. The molecule has 0 radical (unpaired) electrons. The second kappa shape index (κ2) is 10.6. The van der Waals surface area contributed by atoms with Crippen molar-refractivity contribution in [2.24, 2.45) is 17.8 Å². The Balaban J connectivity index is 0.00000171. The van der Waals surface area contributed by atoms with Gasteiger partial charge in [-0.2, -0.15) is 13.2 Å². The summed E-state index contributed by atoms with van der Waals surface area (Å²) in [5, 5.41) is -0.479. The van der Waals surface area contributed by atoms with Crippen LogP contribution in [0.5, 0.6) is 0 Å². The molecule has 2 aliphatic heterocycles. The zero-order chi connectivity index (χ0) is 23.4. The van der Waals surface area contributed by atoms with E-state index in [9.17, 15) is 26.4 Å². The van der Waals surface area contributed by atoms with E-state index in [-0.39, 0.29) is 55.0 Å². The van der Waals surface area contributed by atoms with Gasteiger partial charge in [-0.15, -0.1) is 24.8 Å². The molecule has 2 heterocycles. The van der Waals surface area contributed by atoms with Crippen LogP contribution in [0.15, 0.2) is 24.3 Å². The number of anilines is 1. The van der Waals surface area contributed by atoms with Gasteiger partial charge in [-0.25, -0.2) is 12.7 Å². The molecule has 5 rings (SSSR count). The maximum atomic E-state index is 13.0. The number of nitrogens with zero attached hydrogens (tertiary/aromatic N) is 3. The number of alkyl halides is 3. The number of amides is 1. The summed E-state index contributed by atoms with van der Waals surface area (Å²) in [4.78, 5) is 17.0. The highest BCUT2D eigenvalue weighted by molar-refractivity contribution is 7.90. The molecular formula is C23H32Cl2F3N3O3S. The SMILES string of the molecule is Cl.Cl.O=C1C2C3CCC(C3)C2S(=O)(=O)N1CCCCN1CCN(c2cccc(C(F)(F)F)c2)CC1. The van der Waals surface area contributed by atoms with E-state index in [2.05, 4.69) is 4.90 Å². The molecule has 2 saturated heterocycles. The van der Waals surface area contributed by atoms with Crippen LogP contribution in [0.1, 0.15) is 37.7 Å². The van der Waals surface area contributed by atoms with Crippen molar-refractivity contribution in [2.45, 2.75) is 43.5 Å². The predicted octanol–water partition coefficient (Wildman–Crippen LogP) is 4.04. The summed E-state index contributed by atoms with van der Waals surface area (Å²) < 4.78 is 66.0. The fourth-order valence-electron chi connectivity index (χ4n) is 6.38. The number of carbonyl (C=O) groups is 1. The fourth-order valence-corrected chi connectivity index (χ4v) is 8.88. The molecule has 198 valence electrons. The van der Waals surface area contributed by atoms with Gasteiger partial charge in [0.25, 0.3) is 0 Å². The summed E-state index contributed by atoms with van der Waals surface area (Å²) in [5.74, 6) is -0.0768. The maximum absolute atomic E-state index is 13.0. The molecule has 35 heavy (non-hydrogen) atoms. The maximum Gasteiger partial charge on any atom is 0.416 e. The van der Waals surface area contributed by atoms with E-state index in [0.29, 0.717) is 25.2 Å². The topological polar surface area (TPSA) is 60.9 Å². The number of carbonyl (C=O) groups excluding carboxylic acids is 1. The largest absolute Gasteiger partial charge is 0.416 e. The Bertz CT molecular complexity index is 1020. The lowest BCUT2D eigenvalue weighted by molar-refractivity contribution is -0.137. The first kappa shape index (κ1) is 28.3. The Hall–Kier alpha value is -1.23. The van der Waals surface area contributed by atoms with E-state index in [4.69, 9.17) is 0 Å². The Morgan fingerprint density at radius 1 is 0.943 bits per heavy atom. The van der Waals surface area contributed by atoms with Crippen LogP contribution in [-0.4, -0.2) is 68.0 Å². The molecule has 4 aliphatic rings. The normalized spacial score (nSPS) is 29.6. The first-order valence-corrected chi connectivity index (χ1v) is 13.4. The molecule has 1 amide bonds. The van der Waals surface area contributed by atoms with Gasteiger partial charge >= 0.3 is 6.18 Å². The summed E-state index contributed by atoms with van der Waals surface area (Å²) >= 11 is 0. The third kappa shape index (κ3) is 5.26. The summed E-state index contributed by atoms with van der Waals surface area (Å²) in [6.45, 7) is 3.82. The Labute approximate surface area is 217 Å². The molecule has 0 N–H and O–H groups in total. The number of hydrogen-bond acceptors (Lipinski definition) is 5. The van der Waals surface area contributed by atoms with Gasteiger partial charge in [0.1, 0.15) is 0 Å². The number of fused-ring (bicyclic) bond motifs is 5. The van der Waals surface area contributed by atoms with Crippen LogP contribution in [0.4, 0.5) is 18.9 Å². The minimum atomic E-state index is -4.35. The van der Waals surface area contributed by atoms with Gasteiger partial charge in [-0.1, -0.05) is 6.07 Å². The number of piperazine rings is 1. The summed E-state index contributed by atoms with van der Waals surface area (Å²) in [7, 11) is -3.52. The van der Waals surface area contributed by atoms with Crippen LogP contribution in [0.2, 0.25) is 0 Å². The standard InChI is InChI=1S/C23H30F3N3O3S.2ClH/c24-23(25,26)18-4-3-5-19(15-18)28-12-10-27(11-13-28)8-1-2-9-29-22(30)20-16-6-7-17(14-16)21(20)33(29,31)32;;/h3-5,15-17,20-21H,1-2,6-14H2;2*1H. The first-order valence-electron chi connectivity index (χ1n) is 11.9. The van der Waals surface area contributed by atoms with E-state index in [1.165, 1.54) is 16.4 Å². The van der Waals surface area contributed by atoms with E-state index < -0.39 is 27.0 Å². The van der Waals surface area contributed by atoms with E-state index in [0.717, 1.165) is 51.4 Å². The van der Waals surface area contributed by atoms with E-state index in [1.807, 2.05) is 4.90 Å². The van der Waals surface area contributed by atoms with Crippen LogP contribution in [0.3, 0.4) is 0 Å². The number of benzene rings is 1. The van der Waals surface area contributed by atoms with Gasteiger partial charge in [-0.3, -0.25) is 9.69 Å². The fraction of sp³-hybridized carbons (Fsp3) is 0.696. The van der Waals surface area contributed by atoms with Crippen LogP contribution in [-0.2, 0) is 21.0 Å². The van der Waals surface area contributed by atoms with Crippen molar-refractivity contribution in [1.29, 1.82) is 0 Å². The number of hydrogen-bond donors (Lipinski definition) is 0. The lowest BCUT2D eigenvalue weighted by atomic mass is 9.88. The molecule has 0 aromatic heterocycles. The van der Waals surface area contributed by atoms with Gasteiger partial charge in [0.2, 0.25) is 15.9 Å². The van der Waals surface area contributed by atoms with Crippen LogP contribution >= 0.6 is 24.8 Å². The van der Waals surface area contributed by atoms with Crippen molar-refractivity contribution < 1.29 is 26.4 Å². The van der Waals surface area contributed by atoms with Crippen molar-refractivity contribution in [3.8, 4) is 0 Å². The molecule has 4 fully saturated rings. The third-order valence-corrected chi connectivity index (χ3v) is 10.4. The van der Waals surface area contributed by atoms with E-state index in [1.54, 1.807) is 6.07 Å². The third-order valence-electron chi connectivity index (χ3n) is 8.02. The minimum absolute atomic E-state index is 0. The minimum Gasteiger partial charge on any atom is -0.369 e. The van der Waals surface area contributed by atoms with Gasteiger partial charge in [0, 0.05) is 38.4 Å². The number of rotatable bonds is 6. The van der Waals surface area contributed by atoms with Gasteiger partial charge in [0.15, 0.2) is 0 Å². The van der Waals surface area contributed by atoms with Crippen LogP contribution in [0.25, 0.3) is 0 Å². The number of halogens is 5. The van der Waals surface area contributed by atoms with Gasteiger partial charge < -0.3 is 4.90 Å². The highest BCUT2D eigenvalue weighted by Gasteiger charge is 2.63. The molecule has 6 nitrogen and oxygen atoms in total. The van der Waals surface area contributed by atoms with Crippen molar-refractivity contribution in [1.82, 2.24) is 9.21 Å². The summed E-state index contributed by atoms with van der Waals surface area (Å²) in [6, 6.07) is 5.44. The average molecular weight is 558 g/mol. The molecule has 1 aromatic rings. The predicted molar refractivity (Wildman–Crippen MR) is 133 cm³/mol. The molecule has 1 aromatic carbocycles. The van der Waals surface area contributed by atoms with Gasteiger partial charge in [-0.05, 0) is 68.7 Å². The molecule has 2 saturated carbocycles. The molecule has 12 heteroatoms. The second-order valence-electron chi connectivity index (χ2n) is 9.86. The lowest BCUT2D eigenvalue weighted by Crippen LogP contribution is -2.46. The highest BCUT2D eigenvalue weighted by Crippen LogP contribution is 2.55. The zero-order valence-corrected chi connectivity index (χ0v) is 21.8. The first-order chi connectivity index (χ1) is 15.7. The van der Waals surface area contributed by atoms with Crippen molar-refractivity contribution >= 4 is 46.4 Å². The summed E-state index contributed by atoms with van der Waals surface area (Å²) in [6.07, 6.45) is -0.133. The van der Waals surface area contributed by atoms with Crippen molar-refractivity contribution in [3.63, 3.8) is 0 Å². The molecule has 4 unspecified atom stereocenters. The van der Waals surface area contributed by atoms with Crippen LogP contribution < -0.4 is 4.90 Å². The summed E-state index contributed by atoms with van der Waals surface area (Å²) in [5.41, 5.74) is -0.0484. The lowest BCUT2D eigenvalue weighted by Gasteiger charge is -2.36. The van der Waals surface area contributed by atoms with Gasteiger partial charge in [0.05, 0.1) is 16.7 Å².